The van der Waals surface area contributed by atoms with Crippen molar-refractivity contribution in [3.8, 4) is 0 Å². The highest BCUT2D eigenvalue weighted by Gasteiger charge is 2.25. The van der Waals surface area contributed by atoms with Crippen LogP contribution in [0.1, 0.15) is 36.0 Å². The van der Waals surface area contributed by atoms with Gasteiger partial charge in [0.05, 0.1) is 17.4 Å². The largest absolute Gasteiger partial charge is 0.478 e. The highest BCUT2D eigenvalue weighted by atomic mass is 16.4. The molecule has 6 nitrogen and oxygen atoms in total. The van der Waals surface area contributed by atoms with Gasteiger partial charge in [0.2, 0.25) is 5.91 Å². The lowest BCUT2D eigenvalue weighted by molar-refractivity contribution is -0.121. The Bertz CT molecular complexity index is 496. The quantitative estimate of drug-likeness (QED) is 0.773. The number of aromatic nitrogens is 1. The van der Waals surface area contributed by atoms with Crippen molar-refractivity contribution in [1.82, 2.24) is 4.98 Å². The molecule has 1 fully saturated rings. The molecule has 1 aromatic heterocycles. The average Bonchev–Trinajstić information content (AvgIpc) is 2.47. The fraction of sp³-hybridized carbons (Fsp3) is 0.500. The zero-order chi connectivity index (χ0) is 14.5. The third-order valence-electron chi connectivity index (χ3n) is 3.80. The molecule has 1 heterocycles. The highest BCUT2D eigenvalue weighted by Crippen LogP contribution is 2.29. The Balaban J connectivity index is 1.95. The maximum absolute atomic E-state index is 12.1. The van der Waals surface area contributed by atoms with Gasteiger partial charge in [0.25, 0.3) is 0 Å². The number of hydrogen-bond acceptors (Lipinski definition) is 4. The molecule has 1 amide bonds. The third-order valence-corrected chi connectivity index (χ3v) is 3.80. The van der Waals surface area contributed by atoms with Gasteiger partial charge in [-0.1, -0.05) is 0 Å². The molecule has 4 N–H and O–H groups in total. The van der Waals surface area contributed by atoms with Gasteiger partial charge in [-0.15, -0.1) is 0 Å². The molecule has 1 aliphatic rings. The van der Waals surface area contributed by atoms with E-state index < -0.39 is 5.97 Å². The maximum Gasteiger partial charge on any atom is 0.337 e. The van der Waals surface area contributed by atoms with Gasteiger partial charge in [0.15, 0.2) is 0 Å². The van der Waals surface area contributed by atoms with E-state index in [9.17, 15) is 9.59 Å². The standard InChI is InChI=1S/C14H19N3O3/c15-6-9-1-3-10(4-2-9)13(18)17-12-5-11(14(19)20)7-16-8-12/h5,7-10H,1-4,6,15H2,(H,17,18)(H,19,20). The van der Waals surface area contributed by atoms with Gasteiger partial charge in [0.1, 0.15) is 0 Å². The monoisotopic (exact) mass is 277 g/mol. The number of carboxylic acids is 1. The van der Waals surface area contributed by atoms with Crippen LogP contribution >= 0.6 is 0 Å². The molecular weight excluding hydrogens is 258 g/mol. The molecule has 20 heavy (non-hydrogen) atoms. The number of carbonyl (C=O) groups is 2. The second-order valence-electron chi connectivity index (χ2n) is 5.21. The number of amides is 1. The number of nitrogens with zero attached hydrogens (tertiary/aromatic N) is 1. The van der Waals surface area contributed by atoms with Gasteiger partial charge in [-0.3, -0.25) is 9.78 Å². The van der Waals surface area contributed by atoms with Gasteiger partial charge < -0.3 is 16.2 Å². The number of pyridine rings is 1. The lowest BCUT2D eigenvalue weighted by atomic mass is 9.81. The number of nitrogens with two attached hydrogens (primary N) is 1. The van der Waals surface area contributed by atoms with Crippen LogP contribution in [0.15, 0.2) is 18.5 Å². The van der Waals surface area contributed by atoms with Crippen LogP contribution in [0.5, 0.6) is 0 Å². The first-order valence-corrected chi connectivity index (χ1v) is 6.79. The van der Waals surface area contributed by atoms with Crippen LogP contribution in [0.3, 0.4) is 0 Å². The molecule has 0 atom stereocenters. The second-order valence-corrected chi connectivity index (χ2v) is 5.21. The van der Waals surface area contributed by atoms with Crippen LogP contribution in [-0.4, -0.2) is 28.5 Å². The summed E-state index contributed by atoms with van der Waals surface area (Å²) in [6, 6.07) is 1.42. The molecule has 0 aliphatic heterocycles. The summed E-state index contributed by atoms with van der Waals surface area (Å²) in [5.74, 6) is -0.621. The van der Waals surface area contributed by atoms with E-state index in [0.717, 1.165) is 25.7 Å². The minimum absolute atomic E-state index is 0.0220. The first-order valence-electron chi connectivity index (χ1n) is 6.79. The van der Waals surface area contributed by atoms with Crippen LogP contribution in [0.4, 0.5) is 5.69 Å². The Morgan fingerprint density at radius 3 is 2.60 bits per heavy atom. The van der Waals surface area contributed by atoms with Gasteiger partial charge in [-0.25, -0.2) is 4.79 Å². The minimum Gasteiger partial charge on any atom is -0.478 e. The van der Waals surface area contributed by atoms with Crippen molar-refractivity contribution in [2.75, 3.05) is 11.9 Å². The summed E-state index contributed by atoms with van der Waals surface area (Å²) in [4.78, 5) is 26.8. The molecule has 1 saturated carbocycles. The van der Waals surface area contributed by atoms with Crippen LogP contribution in [0.2, 0.25) is 0 Å². The molecular formula is C14H19N3O3. The topological polar surface area (TPSA) is 105 Å². The van der Waals surface area contributed by atoms with E-state index in [1.807, 2.05) is 0 Å². The summed E-state index contributed by atoms with van der Waals surface area (Å²) in [5.41, 5.74) is 6.12. The van der Waals surface area contributed by atoms with Crippen LogP contribution < -0.4 is 11.1 Å². The van der Waals surface area contributed by atoms with Crippen LogP contribution in [0, 0.1) is 11.8 Å². The fourth-order valence-electron chi connectivity index (χ4n) is 2.53. The Labute approximate surface area is 117 Å². The number of rotatable bonds is 4. The number of hydrogen-bond donors (Lipinski definition) is 3. The van der Waals surface area contributed by atoms with E-state index in [0.29, 0.717) is 18.2 Å². The molecule has 6 heteroatoms. The SMILES string of the molecule is NCC1CCC(C(=O)Nc2cncc(C(=O)O)c2)CC1. The summed E-state index contributed by atoms with van der Waals surface area (Å²) in [5, 5.41) is 11.6. The zero-order valence-corrected chi connectivity index (χ0v) is 11.2. The van der Waals surface area contributed by atoms with E-state index >= 15 is 0 Å². The van der Waals surface area contributed by atoms with E-state index in [1.54, 1.807) is 0 Å². The Kier molecular flexibility index (Phi) is 4.68. The van der Waals surface area contributed by atoms with Crippen molar-refractivity contribution < 1.29 is 14.7 Å². The van der Waals surface area contributed by atoms with Gasteiger partial charge in [0, 0.05) is 12.1 Å². The predicted molar refractivity (Wildman–Crippen MR) is 74.3 cm³/mol. The minimum atomic E-state index is -1.06. The maximum atomic E-state index is 12.1. The van der Waals surface area contributed by atoms with Crippen molar-refractivity contribution in [3.05, 3.63) is 24.0 Å². The first-order chi connectivity index (χ1) is 9.60. The van der Waals surface area contributed by atoms with Gasteiger partial charge in [-0.05, 0) is 44.2 Å². The van der Waals surface area contributed by atoms with E-state index in [1.165, 1.54) is 18.5 Å². The highest BCUT2D eigenvalue weighted by molar-refractivity contribution is 5.94. The van der Waals surface area contributed by atoms with Crippen molar-refractivity contribution in [3.63, 3.8) is 0 Å². The zero-order valence-electron chi connectivity index (χ0n) is 11.2. The predicted octanol–water partition coefficient (Wildman–Crippen LogP) is 1.48. The number of carbonyl (C=O) groups excluding carboxylic acids is 1. The van der Waals surface area contributed by atoms with Crippen molar-refractivity contribution >= 4 is 17.6 Å². The Hall–Kier alpha value is -1.95. The van der Waals surface area contributed by atoms with E-state index in [-0.39, 0.29) is 17.4 Å². The molecule has 1 aromatic rings. The molecule has 0 bridgehead atoms. The molecule has 108 valence electrons. The molecule has 0 spiro atoms. The molecule has 0 saturated heterocycles. The van der Waals surface area contributed by atoms with Crippen LogP contribution in [-0.2, 0) is 4.79 Å². The fourth-order valence-corrected chi connectivity index (χ4v) is 2.53. The van der Waals surface area contributed by atoms with E-state index in [4.69, 9.17) is 10.8 Å². The van der Waals surface area contributed by atoms with E-state index in [2.05, 4.69) is 10.3 Å². The molecule has 0 aromatic carbocycles. The smallest absolute Gasteiger partial charge is 0.337 e. The summed E-state index contributed by atoms with van der Waals surface area (Å²) in [7, 11) is 0. The average molecular weight is 277 g/mol. The number of anilines is 1. The summed E-state index contributed by atoms with van der Waals surface area (Å²) < 4.78 is 0. The first kappa shape index (κ1) is 14.5. The lowest BCUT2D eigenvalue weighted by Gasteiger charge is -2.26. The van der Waals surface area contributed by atoms with Gasteiger partial charge >= 0.3 is 5.97 Å². The molecule has 2 rings (SSSR count). The molecule has 0 radical (unpaired) electrons. The van der Waals surface area contributed by atoms with Crippen LogP contribution in [0.25, 0.3) is 0 Å². The second kappa shape index (κ2) is 6.47. The number of nitrogens with one attached hydrogen (secondary N) is 1. The summed E-state index contributed by atoms with van der Waals surface area (Å²) in [6.45, 7) is 0.679. The third kappa shape index (κ3) is 3.54. The summed E-state index contributed by atoms with van der Waals surface area (Å²) in [6.07, 6.45) is 6.32. The van der Waals surface area contributed by atoms with Gasteiger partial charge in [-0.2, -0.15) is 0 Å². The summed E-state index contributed by atoms with van der Waals surface area (Å²) >= 11 is 0. The van der Waals surface area contributed by atoms with Crippen molar-refractivity contribution in [2.24, 2.45) is 17.6 Å². The van der Waals surface area contributed by atoms with Crippen molar-refractivity contribution in [2.45, 2.75) is 25.7 Å². The number of carboxylic acid groups (broad SMARTS) is 1. The lowest BCUT2D eigenvalue weighted by Crippen LogP contribution is -2.29. The Morgan fingerprint density at radius 2 is 2.00 bits per heavy atom. The van der Waals surface area contributed by atoms with Crippen molar-refractivity contribution in [1.29, 1.82) is 0 Å². The molecule has 1 aliphatic carbocycles. The Morgan fingerprint density at radius 1 is 1.30 bits per heavy atom. The molecule has 0 unspecified atom stereocenters. The normalized spacial score (nSPS) is 22.2. The number of aromatic carboxylic acids is 1.